The zero-order valence-corrected chi connectivity index (χ0v) is 13.2. The summed E-state index contributed by atoms with van der Waals surface area (Å²) in [6, 6.07) is 4.26. The minimum Gasteiger partial charge on any atom is -0.388 e. The Kier molecular flexibility index (Phi) is 5.47. The Hall–Kier alpha value is -2.52. The molecule has 0 spiro atoms. The number of aryl methyl sites for hydroxylation is 1. The molecule has 0 unspecified atom stereocenters. The Morgan fingerprint density at radius 2 is 2.00 bits per heavy atom. The van der Waals surface area contributed by atoms with Crippen molar-refractivity contribution in [3.63, 3.8) is 0 Å². The molecule has 9 nitrogen and oxygen atoms in total. The smallest absolute Gasteiger partial charge is 0.313 e. The molecule has 0 aliphatic carbocycles. The largest absolute Gasteiger partial charge is 0.388 e. The Balaban J connectivity index is 1.97. The summed E-state index contributed by atoms with van der Waals surface area (Å²) in [5.74, 6) is -2.00. The van der Waals surface area contributed by atoms with E-state index in [-0.39, 0.29) is 17.9 Å². The number of nitro groups is 1. The minimum absolute atomic E-state index is 0.0597. The fourth-order valence-corrected chi connectivity index (χ4v) is 2.33. The van der Waals surface area contributed by atoms with Crippen molar-refractivity contribution in [3.05, 3.63) is 33.9 Å². The van der Waals surface area contributed by atoms with Crippen LogP contribution < -0.4 is 10.6 Å². The quantitative estimate of drug-likeness (QED) is 0.416. The number of benzene rings is 1. The maximum Gasteiger partial charge on any atom is 0.313 e. The standard InChI is InChI=1S/C15H19N3O6/c1-10-2-3-11(12(8-10)18(22)23)17-14(20)13(19)16-9-15(21)4-6-24-7-5-15/h2-3,8,21H,4-7,9H2,1H3,(H,16,19)(H,17,20). The molecule has 0 atom stereocenters. The molecular weight excluding hydrogens is 318 g/mol. The first-order valence-corrected chi connectivity index (χ1v) is 7.45. The molecule has 3 N–H and O–H groups in total. The second kappa shape index (κ2) is 7.37. The van der Waals surface area contributed by atoms with Gasteiger partial charge in [0.15, 0.2) is 0 Å². The highest BCUT2D eigenvalue weighted by molar-refractivity contribution is 6.39. The molecule has 2 rings (SSSR count). The first kappa shape index (κ1) is 17.8. The van der Waals surface area contributed by atoms with E-state index in [0.29, 0.717) is 31.6 Å². The lowest BCUT2D eigenvalue weighted by Gasteiger charge is -2.31. The maximum absolute atomic E-state index is 11.9. The Bertz CT molecular complexity index is 655. The fourth-order valence-electron chi connectivity index (χ4n) is 2.33. The first-order chi connectivity index (χ1) is 11.3. The molecule has 130 valence electrons. The molecule has 1 aliphatic heterocycles. The van der Waals surface area contributed by atoms with Crippen LogP contribution in [0.1, 0.15) is 18.4 Å². The van der Waals surface area contributed by atoms with E-state index in [1.165, 1.54) is 12.1 Å². The number of amides is 2. The number of nitro benzene ring substituents is 1. The van der Waals surface area contributed by atoms with Gasteiger partial charge in [-0.1, -0.05) is 6.07 Å². The highest BCUT2D eigenvalue weighted by Gasteiger charge is 2.31. The third-order valence-corrected chi connectivity index (χ3v) is 3.81. The van der Waals surface area contributed by atoms with Crippen LogP contribution in [-0.4, -0.2) is 47.2 Å². The predicted octanol–water partition coefficient (Wildman–Crippen LogP) is 0.499. The summed E-state index contributed by atoms with van der Waals surface area (Å²) in [5.41, 5.74) is -0.801. The Morgan fingerprint density at radius 3 is 2.62 bits per heavy atom. The third kappa shape index (κ3) is 4.49. The average Bonchev–Trinajstić information content (AvgIpc) is 2.54. The van der Waals surface area contributed by atoms with Crippen LogP contribution in [0.5, 0.6) is 0 Å². The second-order valence-electron chi connectivity index (χ2n) is 5.75. The summed E-state index contributed by atoms with van der Waals surface area (Å²) in [5, 5.41) is 25.8. The van der Waals surface area contributed by atoms with Gasteiger partial charge in [-0.2, -0.15) is 0 Å². The molecule has 1 aliphatic rings. The lowest BCUT2D eigenvalue weighted by Crippen LogP contribution is -2.48. The zero-order valence-electron chi connectivity index (χ0n) is 13.2. The van der Waals surface area contributed by atoms with Crippen LogP contribution in [0.25, 0.3) is 0 Å². The van der Waals surface area contributed by atoms with Crippen molar-refractivity contribution < 1.29 is 24.4 Å². The van der Waals surface area contributed by atoms with Crippen LogP contribution in [0.15, 0.2) is 18.2 Å². The summed E-state index contributed by atoms with van der Waals surface area (Å²) in [6.45, 7) is 2.36. The normalized spacial score (nSPS) is 16.2. The van der Waals surface area contributed by atoms with E-state index in [4.69, 9.17) is 4.74 Å². The molecule has 24 heavy (non-hydrogen) atoms. The molecule has 9 heteroatoms. The molecule has 1 fully saturated rings. The van der Waals surface area contributed by atoms with E-state index in [9.17, 15) is 24.8 Å². The zero-order chi connectivity index (χ0) is 17.7. The Morgan fingerprint density at radius 1 is 1.33 bits per heavy atom. The highest BCUT2D eigenvalue weighted by Crippen LogP contribution is 2.25. The molecule has 0 saturated carbocycles. The minimum atomic E-state index is -1.11. The van der Waals surface area contributed by atoms with Gasteiger partial charge in [0.2, 0.25) is 0 Å². The number of anilines is 1. The molecular formula is C15H19N3O6. The molecule has 0 bridgehead atoms. The van der Waals surface area contributed by atoms with E-state index in [2.05, 4.69) is 10.6 Å². The van der Waals surface area contributed by atoms with Gasteiger partial charge in [-0.05, 0) is 18.6 Å². The lowest BCUT2D eigenvalue weighted by molar-refractivity contribution is -0.384. The topological polar surface area (TPSA) is 131 Å². The van der Waals surface area contributed by atoms with Crippen molar-refractivity contribution in [1.29, 1.82) is 0 Å². The molecule has 1 aromatic carbocycles. The first-order valence-electron chi connectivity index (χ1n) is 7.45. The second-order valence-corrected chi connectivity index (χ2v) is 5.75. The van der Waals surface area contributed by atoms with Gasteiger partial charge in [-0.3, -0.25) is 19.7 Å². The van der Waals surface area contributed by atoms with Crippen molar-refractivity contribution >= 4 is 23.2 Å². The van der Waals surface area contributed by atoms with Crippen LogP contribution in [-0.2, 0) is 14.3 Å². The van der Waals surface area contributed by atoms with Gasteiger partial charge >= 0.3 is 11.8 Å². The number of hydrogen-bond donors (Lipinski definition) is 3. The fraction of sp³-hybridized carbons (Fsp3) is 0.467. The van der Waals surface area contributed by atoms with Crippen LogP contribution >= 0.6 is 0 Å². The number of aliphatic hydroxyl groups is 1. The third-order valence-electron chi connectivity index (χ3n) is 3.81. The van der Waals surface area contributed by atoms with Crippen LogP contribution in [0.4, 0.5) is 11.4 Å². The number of ether oxygens (including phenoxy) is 1. The summed E-state index contributed by atoms with van der Waals surface area (Å²) >= 11 is 0. The van der Waals surface area contributed by atoms with Crippen molar-refractivity contribution in [2.75, 3.05) is 25.1 Å². The van der Waals surface area contributed by atoms with E-state index >= 15 is 0 Å². The molecule has 1 heterocycles. The van der Waals surface area contributed by atoms with E-state index in [0.717, 1.165) is 0 Å². The molecule has 0 radical (unpaired) electrons. The van der Waals surface area contributed by atoms with Gasteiger partial charge < -0.3 is 20.5 Å². The summed E-state index contributed by atoms with van der Waals surface area (Å²) in [4.78, 5) is 34.1. The SMILES string of the molecule is Cc1ccc(NC(=O)C(=O)NCC2(O)CCOCC2)c([N+](=O)[O-])c1. The van der Waals surface area contributed by atoms with Gasteiger partial charge in [0, 0.05) is 38.7 Å². The van der Waals surface area contributed by atoms with E-state index in [1.807, 2.05) is 0 Å². The number of carbonyl (C=O) groups is 2. The van der Waals surface area contributed by atoms with Gasteiger partial charge in [-0.25, -0.2) is 0 Å². The number of rotatable bonds is 4. The Labute approximate surface area is 138 Å². The van der Waals surface area contributed by atoms with E-state index in [1.54, 1.807) is 13.0 Å². The summed E-state index contributed by atoms with van der Waals surface area (Å²) < 4.78 is 5.13. The van der Waals surface area contributed by atoms with Gasteiger partial charge in [-0.15, -0.1) is 0 Å². The van der Waals surface area contributed by atoms with Gasteiger partial charge in [0.25, 0.3) is 5.69 Å². The number of nitrogens with zero attached hydrogens (tertiary/aromatic N) is 1. The van der Waals surface area contributed by atoms with Crippen molar-refractivity contribution in [3.8, 4) is 0 Å². The molecule has 1 aromatic rings. The van der Waals surface area contributed by atoms with Gasteiger partial charge in [0.1, 0.15) is 5.69 Å². The van der Waals surface area contributed by atoms with Gasteiger partial charge in [0.05, 0.1) is 10.5 Å². The van der Waals surface area contributed by atoms with Crippen LogP contribution in [0.3, 0.4) is 0 Å². The highest BCUT2D eigenvalue weighted by atomic mass is 16.6. The monoisotopic (exact) mass is 337 g/mol. The number of carbonyl (C=O) groups excluding carboxylic acids is 2. The maximum atomic E-state index is 11.9. The van der Waals surface area contributed by atoms with E-state index < -0.39 is 22.3 Å². The van der Waals surface area contributed by atoms with Crippen LogP contribution in [0, 0.1) is 17.0 Å². The molecule has 2 amide bonds. The number of nitrogens with one attached hydrogen (secondary N) is 2. The molecule has 1 saturated heterocycles. The summed E-state index contributed by atoms with van der Waals surface area (Å²) in [7, 11) is 0. The van der Waals surface area contributed by atoms with Crippen molar-refractivity contribution in [2.24, 2.45) is 0 Å². The van der Waals surface area contributed by atoms with Crippen LogP contribution in [0.2, 0.25) is 0 Å². The average molecular weight is 337 g/mol. The molecule has 0 aromatic heterocycles. The lowest BCUT2D eigenvalue weighted by atomic mass is 9.94. The number of hydrogen-bond acceptors (Lipinski definition) is 6. The predicted molar refractivity (Wildman–Crippen MR) is 84.5 cm³/mol. The summed E-state index contributed by atoms with van der Waals surface area (Å²) in [6.07, 6.45) is 0.719. The van der Waals surface area contributed by atoms with Crippen molar-refractivity contribution in [2.45, 2.75) is 25.4 Å². The van der Waals surface area contributed by atoms with Crippen molar-refractivity contribution in [1.82, 2.24) is 5.32 Å².